The molecule has 0 atom stereocenters. The highest BCUT2D eigenvalue weighted by Gasteiger charge is 2.32. The number of benzene rings is 1. The molecule has 0 aliphatic carbocycles. The van der Waals surface area contributed by atoms with Crippen LogP contribution in [0.2, 0.25) is 0 Å². The van der Waals surface area contributed by atoms with Gasteiger partial charge in [-0.05, 0) is 20.0 Å². The number of nitrogens with one attached hydrogen (secondary N) is 1. The first-order chi connectivity index (χ1) is 13.6. The SMILES string of the molecule is CCOC(=O)c1cnn(C)c1NC(=O)CN(C)Cc1ccccc1OC(F)(F)F. The first-order valence-corrected chi connectivity index (χ1v) is 8.62. The van der Waals surface area contributed by atoms with Crippen LogP contribution in [0.3, 0.4) is 0 Å². The summed E-state index contributed by atoms with van der Waals surface area (Å²) in [5.74, 6) is -1.26. The maximum atomic E-state index is 12.5. The number of amides is 1. The summed E-state index contributed by atoms with van der Waals surface area (Å²) in [4.78, 5) is 25.8. The van der Waals surface area contributed by atoms with Gasteiger partial charge in [-0.15, -0.1) is 13.2 Å². The number of aryl methyl sites for hydroxylation is 1. The lowest BCUT2D eigenvalue weighted by atomic mass is 10.2. The molecule has 2 aromatic rings. The van der Waals surface area contributed by atoms with Gasteiger partial charge < -0.3 is 14.8 Å². The third-order valence-electron chi connectivity index (χ3n) is 3.74. The third kappa shape index (κ3) is 6.49. The summed E-state index contributed by atoms with van der Waals surface area (Å²) in [6.07, 6.45) is -3.53. The van der Waals surface area contributed by atoms with Gasteiger partial charge >= 0.3 is 12.3 Å². The Morgan fingerprint density at radius 3 is 2.62 bits per heavy atom. The minimum Gasteiger partial charge on any atom is -0.462 e. The number of esters is 1. The van der Waals surface area contributed by atoms with Crippen LogP contribution in [-0.2, 0) is 23.1 Å². The van der Waals surface area contributed by atoms with Gasteiger partial charge in [-0.1, -0.05) is 18.2 Å². The van der Waals surface area contributed by atoms with E-state index in [9.17, 15) is 22.8 Å². The number of aromatic nitrogens is 2. The van der Waals surface area contributed by atoms with Crippen molar-refractivity contribution in [1.82, 2.24) is 14.7 Å². The van der Waals surface area contributed by atoms with Crippen molar-refractivity contribution in [2.24, 2.45) is 7.05 Å². The molecule has 0 bridgehead atoms. The van der Waals surface area contributed by atoms with Gasteiger partial charge in [0.25, 0.3) is 0 Å². The molecule has 0 saturated heterocycles. The molecule has 0 spiro atoms. The van der Waals surface area contributed by atoms with Gasteiger partial charge in [-0.3, -0.25) is 14.4 Å². The van der Waals surface area contributed by atoms with Crippen LogP contribution in [0.5, 0.6) is 5.75 Å². The van der Waals surface area contributed by atoms with Crippen LogP contribution < -0.4 is 10.1 Å². The molecule has 29 heavy (non-hydrogen) atoms. The van der Waals surface area contributed by atoms with Gasteiger partial charge in [0.15, 0.2) is 0 Å². The molecule has 0 saturated carbocycles. The average molecular weight is 414 g/mol. The lowest BCUT2D eigenvalue weighted by molar-refractivity contribution is -0.275. The van der Waals surface area contributed by atoms with Gasteiger partial charge in [0.1, 0.15) is 17.1 Å². The molecule has 1 heterocycles. The monoisotopic (exact) mass is 414 g/mol. The number of alkyl halides is 3. The first kappa shape index (κ1) is 22.2. The van der Waals surface area contributed by atoms with Gasteiger partial charge in [-0.25, -0.2) is 4.79 Å². The minimum atomic E-state index is -4.81. The van der Waals surface area contributed by atoms with Gasteiger partial charge in [0.05, 0.1) is 19.3 Å². The van der Waals surface area contributed by atoms with Crippen LogP contribution in [0.1, 0.15) is 22.8 Å². The first-order valence-electron chi connectivity index (χ1n) is 8.62. The van der Waals surface area contributed by atoms with Gasteiger partial charge in [0, 0.05) is 19.2 Å². The van der Waals surface area contributed by atoms with Crippen molar-refractivity contribution in [3.8, 4) is 5.75 Å². The molecule has 1 aromatic carbocycles. The van der Waals surface area contributed by atoms with Gasteiger partial charge in [-0.2, -0.15) is 5.10 Å². The van der Waals surface area contributed by atoms with E-state index in [1.54, 1.807) is 27.1 Å². The van der Waals surface area contributed by atoms with Crippen LogP contribution in [0.15, 0.2) is 30.5 Å². The largest absolute Gasteiger partial charge is 0.573 e. The zero-order valence-corrected chi connectivity index (χ0v) is 16.1. The Hall–Kier alpha value is -3.08. The van der Waals surface area contributed by atoms with Gasteiger partial charge in [0.2, 0.25) is 5.91 Å². The Balaban J connectivity index is 2.03. The molecule has 0 fully saturated rings. The van der Waals surface area contributed by atoms with Crippen LogP contribution in [0.4, 0.5) is 19.0 Å². The quantitative estimate of drug-likeness (QED) is 0.669. The van der Waals surface area contributed by atoms with E-state index in [4.69, 9.17) is 4.74 Å². The maximum Gasteiger partial charge on any atom is 0.573 e. The highest BCUT2D eigenvalue weighted by molar-refractivity contribution is 6.00. The standard InChI is InChI=1S/C18H21F3N4O4/c1-4-28-17(27)13-9-22-25(3)16(13)23-15(26)11-24(2)10-12-7-5-6-8-14(12)29-18(19,20)21/h5-9H,4,10-11H2,1-3H3,(H,23,26). The molecule has 11 heteroatoms. The number of nitrogens with zero attached hydrogens (tertiary/aromatic N) is 3. The predicted molar refractivity (Wildman–Crippen MR) is 97.3 cm³/mol. The molecule has 1 aromatic heterocycles. The fourth-order valence-corrected chi connectivity index (χ4v) is 2.57. The predicted octanol–water partition coefficient (Wildman–Crippen LogP) is 2.57. The summed E-state index contributed by atoms with van der Waals surface area (Å²) < 4.78 is 47.8. The molecule has 1 N–H and O–H groups in total. The molecule has 2 rings (SSSR count). The molecule has 0 aliphatic rings. The smallest absolute Gasteiger partial charge is 0.462 e. The number of likely N-dealkylation sites (N-methyl/N-ethyl adjacent to an activating group) is 1. The minimum absolute atomic E-state index is 0.0375. The fraction of sp³-hybridized carbons (Fsp3) is 0.389. The number of hydrogen-bond donors (Lipinski definition) is 1. The summed E-state index contributed by atoms with van der Waals surface area (Å²) >= 11 is 0. The van der Waals surface area contributed by atoms with Crippen molar-refractivity contribution in [3.05, 3.63) is 41.6 Å². The number of hydrogen-bond acceptors (Lipinski definition) is 6. The van der Waals surface area contributed by atoms with E-state index in [2.05, 4.69) is 15.2 Å². The van der Waals surface area contributed by atoms with Crippen molar-refractivity contribution in [1.29, 1.82) is 0 Å². The molecule has 158 valence electrons. The highest BCUT2D eigenvalue weighted by atomic mass is 19.4. The lowest BCUT2D eigenvalue weighted by Gasteiger charge is -2.19. The van der Waals surface area contributed by atoms with E-state index in [-0.39, 0.29) is 42.4 Å². The molecular formula is C18H21F3N4O4. The zero-order valence-electron chi connectivity index (χ0n) is 16.1. The highest BCUT2D eigenvalue weighted by Crippen LogP contribution is 2.27. The zero-order chi connectivity index (χ0) is 21.6. The molecule has 0 aliphatic heterocycles. The summed E-state index contributed by atoms with van der Waals surface area (Å²) in [5.41, 5.74) is 0.377. The molecule has 0 unspecified atom stereocenters. The van der Waals surface area contributed by atoms with Crippen molar-refractivity contribution in [2.75, 3.05) is 25.5 Å². The number of carbonyl (C=O) groups excluding carboxylic acids is 2. The number of carbonyl (C=O) groups is 2. The molecule has 8 nitrogen and oxygen atoms in total. The van der Waals surface area contributed by atoms with E-state index in [1.807, 2.05) is 0 Å². The Bertz CT molecular complexity index is 867. The van der Waals surface area contributed by atoms with Crippen molar-refractivity contribution in [3.63, 3.8) is 0 Å². The Morgan fingerprint density at radius 1 is 1.28 bits per heavy atom. The molecular weight excluding hydrogens is 393 g/mol. The van der Waals surface area contributed by atoms with Crippen molar-refractivity contribution < 1.29 is 32.2 Å². The van der Waals surface area contributed by atoms with Crippen LogP contribution in [0.25, 0.3) is 0 Å². The Kier molecular flexibility index (Phi) is 7.21. The Morgan fingerprint density at radius 2 is 1.97 bits per heavy atom. The van der Waals surface area contributed by atoms with Crippen molar-refractivity contribution >= 4 is 17.7 Å². The average Bonchev–Trinajstić information content (AvgIpc) is 2.96. The van der Waals surface area contributed by atoms with Crippen LogP contribution >= 0.6 is 0 Å². The topological polar surface area (TPSA) is 85.7 Å². The lowest BCUT2D eigenvalue weighted by Crippen LogP contribution is -2.31. The number of halogens is 3. The van der Waals surface area contributed by atoms with E-state index < -0.39 is 18.2 Å². The summed E-state index contributed by atoms with van der Waals surface area (Å²) in [6, 6.07) is 5.69. The normalized spacial score (nSPS) is 11.4. The van der Waals surface area contributed by atoms with E-state index in [0.717, 1.165) is 0 Å². The molecule has 1 amide bonds. The number of rotatable bonds is 8. The fourth-order valence-electron chi connectivity index (χ4n) is 2.57. The van der Waals surface area contributed by atoms with Crippen molar-refractivity contribution in [2.45, 2.75) is 19.8 Å². The second kappa shape index (κ2) is 9.41. The second-order valence-electron chi connectivity index (χ2n) is 6.13. The van der Waals surface area contributed by atoms with E-state index in [0.29, 0.717) is 0 Å². The number of ether oxygens (including phenoxy) is 2. The van der Waals surface area contributed by atoms with Crippen LogP contribution in [-0.4, -0.2) is 53.1 Å². The third-order valence-corrected chi connectivity index (χ3v) is 3.74. The van der Waals surface area contributed by atoms with Crippen LogP contribution in [0, 0.1) is 0 Å². The molecule has 0 radical (unpaired) electrons. The summed E-state index contributed by atoms with van der Waals surface area (Å²) in [5, 5.41) is 6.51. The van der Waals surface area contributed by atoms with E-state index in [1.165, 1.54) is 34.0 Å². The number of anilines is 1. The Labute approximate surface area is 165 Å². The number of para-hydroxylation sites is 1. The second-order valence-corrected chi connectivity index (χ2v) is 6.13. The van der Waals surface area contributed by atoms with E-state index >= 15 is 0 Å². The summed E-state index contributed by atoms with van der Waals surface area (Å²) in [7, 11) is 3.12. The summed E-state index contributed by atoms with van der Waals surface area (Å²) in [6.45, 7) is 1.72. The maximum absolute atomic E-state index is 12.5.